The molecule has 0 aliphatic rings. The van der Waals surface area contributed by atoms with Gasteiger partial charge in [-0.3, -0.25) is 4.99 Å². The van der Waals surface area contributed by atoms with Crippen molar-refractivity contribution in [2.24, 2.45) is 4.99 Å². The van der Waals surface area contributed by atoms with E-state index in [1.54, 1.807) is 21.2 Å². The smallest absolute Gasteiger partial charge is 0.410 e. The highest BCUT2D eigenvalue weighted by Gasteiger charge is 2.19. The number of guanidine groups is 1. The summed E-state index contributed by atoms with van der Waals surface area (Å²) in [5.74, 6) is 0.669. The van der Waals surface area contributed by atoms with E-state index >= 15 is 0 Å². The standard InChI is InChI=1S/C15H32N4O3/c1-14(2,3)22-13(20)19(7)10-9-17-12(16-6)18-11-15(4,5)21-8/h9-11H2,1-8H3,(H2,16,17,18). The molecule has 0 unspecified atom stereocenters. The molecule has 0 aliphatic heterocycles. The topological polar surface area (TPSA) is 75.2 Å². The summed E-state index contributed by atoms with van der Waals surface area (Å²) in [6.45, 7) is 11.2. The van der Waals surface area contributed by atoms with Crippen LogP contribution in [0.4, 0.5) is 4.79 Å². The number of hydrogen-bond donors (Lipinski definition) is 2. The molecule has 0 bridgehead atoms. The van der Waals surface area contributed by atoms with Gasteiger partial charge in [-0.2, -0.15) is 0 Å². The van der Waals surface area contributed by atoms with Crippen molar-refractivity contribution in [3.8, 4) is 0 Å². The molecule has 7 heteroatoms. The summed E-state index contributed by atoms with van der Waals surface area (Å²) >= 11 is 0. The van der Waals surface area contributed by atoms with Crippen molar-refractivity contribution < 1.29 is 14.3 Å². The third kappa shape index (κ3) is 9.44. The number of ether oxygens (including phenoxy) is 2. The van der Waals surface area contributed by atoms with Gasteiger partial charge in [0.05, 0.1) is 5.60 Å². The van der Waals surface area contributed by atoms with Crippen molar-refractivity contribution in [1.29, 1.82) is 0 Å². The monoisotopic (exact) mass is 316 g/mol. The van der Waals surface area contributed by atoms with Crippen molar-refractivity contribution in [3.63, 3.8) is 0 Å². The number of nitrogens with one attached hydrogen (secondary N) is 2. The molecule has 130 valence electrons. The van der Waals surface area contributed by atoms with E-state index in [1.165, 1.54) is 4.90 Å². The van der Waals surface area contributed by atoms with Gasteiger partial charge in [0.1, 0.15) is 5.60 Å². The molecule has 0 rings (SSSR count). The summed E-state index contributed by atoms with van der Waals surface area (Å²) in [5, 5.41) is 6.33. The normalized spacial score (nSPS) is 12.8. The van der Waals surface area contributed by atoms with Gasteiger partial charge in [0.15, 0.2) is 5.96 Å². The van der Waals surface area contributed by atoms with Crippen molar-refractivity contribution >= 4 is 12.1 Å². The van der Waals surface area contributed by atoms with E-state index in [-0.39, 0.29) is 11.7 Å². The van der Waals surface area contributed by atoms with Gasteiger partial charge in [-0.05, 0) is 34.6 Å². The Bertz CT molecular complexity index is 375. The highest BCUT2D eigenvalue weighted by molar-refractivity contribution is 5.79. The fraction of sp³-hybridized carbons (Fsp3) is 0.867. The first-order valence-electron chi connectivity index (χ1n) is 7.44. The van der Waals surface area contributed by atoms with Crippen LogP contribution in [0, 0.1) is 0 Å². The van der Waals surface area contributed by atoms with Crippen molar-refractivity contribution in [2.45, 2.75) is 45.8 Å². The fourth-order valence-corrected chi connectivity index (χ4v) is 1.36. The molecular formula is C15H32N4O3. The maximum absolute atomic E-state index is 11.8. The summed E-state index contributed by atoms with van der Waals surface area (Å²) < 4.78 is 10.6. The van der Waals surface area contributed by atoms with Gasteiger partial charge < -0.3 is 25.0 Å². The molecule has 22 heavy (non-hydrogen) atoms. The van der Waals surface area contributed by atoms with Crippen LogP contribution < -0.4 is 10.6 Å². The predicted molar refractivity (Wildman–Crippen MR) is 89.3 cm³/mol. The van der Waals surface area contributed by atoms with Crippen LogP contribution >= 0.6 is 0 Å². The van der Waals surface area contributed by atoms with Crippen LogP contribution in [0.1, 0.15) is 34.6 Å². The highest BCUT2D eigenvalue weighted by Crippen LogP contribution is 2.08. The second kappa shape index (κ2) is 8.82. The van der Waals surface area contributed by atoms with E-state index in [9.17, 15) is 4.79 Å². The second-order valence-corrected chi connectivity index (χ2v) is 6.72. The SMILES string of the molecule is CN=C(NCCN(C)C(=O)OC(C)(C)C)NCC(C)(C)OC. The maximum Gasteiger partial charge on any atom is 0.410 e. The van der Waals surface area contributed by atoms with Crippen molar-refractivity contribution in [2.75, 3.05) is 40.8 Å². The molecule has 1 amide bonds. The van der Waals surface area contributed by atoms with E-state index in [4.69, 9.17) is 9.47 Å². The van der Waals surface area contributed by atoms with Crippen LogP contribution in [0.2, 0.25) is 0 Å². The van der Waals surface area contributed by atoms with Crippen LogP contribution in [0.3, 0.4) is 0 Å². The lowest BCUT2D eigenvalue weighted by atomic mass is 10.1. The van der Waals surface area contributed by atoms with E-state index in [0.29, 0.717) is 25.6 Å². The molecule has 0 fully saturated rings. The summed E-state index contributed by atoms with van der Waals surface area (Å²) in [6, 6.07) is 0. The Balaban J connectivity index is 4.13. The zero-order valence-electron chi connectivity index (χ0n) is 15.2. The van der Waals surface area contributed by atoms with Gasteiger partial charge in [-0.1, -0.05) is 0 Å². The Labute approximate surface area is 134 Å². The minimum Gasteiger partial charge on any atom is -0.444 e. The summed E-state index contributed by atoms with van der Waals surface area (Å²) in [5.41, 5.74) is -0.757. The molecule has 0 aromatic heterocycles. The zero-order chi connectivity index (χ0) is 17.4. The number of nitrogens with zero attached hydrogens (tertiary/aromatic N) is 2. The van der Waals surface area contributed by atoms with Gasteiger partial charge in [0.2, 0.25) is 0 Å². The molecule has 7 nitrogen and oxygen atoms in total. The lowest BCUT2D eigenvalue weighted by Gasteiger charge is -2.26. The Morgan fingerprint density at radius 3 is 2.23 bits per heavy atom. The average Bonchev–Trinajstić information content (AvgIpc) is 2.40. The van der Waals surface area contributed by atoms with Crippen LogP contribution in [-0.2, 0) is 9.47 Å². The summed E-state index contributed by atoms with van der Waals surface area (Å²) in [7, 11) is 5.08. The number of likely N-dealkylation sites (N-methyl/N-ethyl adjacent to an activating group) is 1. The Morgan fingerprint density at radius 1 is 1.18 bits per heavy atom. The first-order chi connectivity index (χ1) is 10.0. The lowest BCUT2D eigenvalue weighted by molar-refractivity contribution is 0.0268. The predicted octanol–water partition coefficient (Wildman–Crippen LogP) is 1.44. The quantitative estimate of drug-likeness (QED) is 0.573. The van der Waals surface area contributed by atoms with Crippen LogP contribution in [0.5, 0.6) is 0 Å². The van der Waals surface area contributed by atoms with Gasteiger partial charge in [-0.25, -0.2) is 4.79 Å². The number of carbonyl (C=O) groups is 1. The van der Waals surface area contributed by atoms with Crippen LogP contribution in [0.25, 0.3) is 0 Å². The Morgan fingerprint density at radius 2 is 1.77 bits per heavy atom. The third-order valence-electron chi connectivity index (χ3n) is 2.90. The van der Waals surface area contributed by atoms with Gasteiger partial charge >= 0.3 is 6.09 Å². The largest absolute Gasteiger partial charge is 0.444 e. The molecular weight excluding hydrogens is 284 g/mol. The average molecular weight is 316 g/mol. The number of amides is 1. The second-order valence-electron chi connectivity index (χ2n) is 6.72. The van der Waals surface area contributed by atoms with Crippen LogP contribution in [0.15, 0.2) is 4.99 Å². The molecule has 0 aliphatic carbocycles. The minimum absolute atomic E-state index is 0.273. The van der Waals surface area contributed by atoms with Crippen LogP contribution in [-0.4, -0.2) is 69.0 Å². The fourth-order valence-electron chi connectivity index (χ4n) is 1.36. The summed E-state index contributed by atoms with van der Waals surface area (Å²) in [6.07, 6.45) is -0.335. The van der Waals surface area contributed by atoms with E-state index in [2.05, 4.69) is 15.6 Å². The summed E-state index contributed by atoms with van der Waals surface area (Å²) in [4.78, 5) is 17.5. The number of hydrogen-bond acceptors (Lipinski definition) is 4. The van der Waals surface area contributed by atoms with E-state index < -0.39 is 5.60 Å². The first-order valence-corrected chi connectivity index (χ1v) is 7.44. The molecule has 0 radical (unpaired) electrons. The molecule has 0 saturated carbocycles. The Kier molecular flexibility index (Phi) is 8.22. The molecule has 0 aromatic rings. The molecule has 0 heterocycles. The van der Waals surface area contributed by atoms with Crippen molar-refractivity contribution in [3.05, 3.63) is 0 Å². The first kappa shape index (κ1) is 20.5. The molecule has 0 atom stereocenters. The zero-order valence-corrected chi connectivity index (χ0v) is 15.2. The highest BCUT2D eigenvalue weighted by atomic mass is 16.6. The van der Waals surface area contributed by atoms with Crippen molar-refractivity contribution in [1.82, 2.24) is 15.5 Å². The number of rotatable bonds is 6. The maximum atomic E-state index is 11.8. The number of aliphatic imine (C=N–C) groups is 1. The third-order valence-corrected chi connectivity index (χ3v) is 2.90. The van der Waals surface area contributed by atoms with Gasteiger partial charge in [0, 0.05) is 40.8 Å². The Hall–Kier alpha value is -1.50. The van der Waals surface area contributed by atoms with E-state index in [1.807, 2.05) is 34.6 Å². The number of carbonyl (C=O) groups excluding carboxylic acids is 1. The van der Waals surface area contributed by atoms with Gasteiger partial charge in [-0.15, -0.1) is 0 Å². The molecule has 0 spiro atoms. The van der Waals surface area contributed by atoms with Gasteiger partial charge in [0.25, 0.3) is 0 Å². The van der Waals surface area contributed by atoms with E-state index in [0.717, 1.165) is 0 Å². The lowest BCUT2D eigenvalue weighted by Crippen LogP contribution is -2.47. The molecule has 0 saturated heterocycles. The molecule has 0 aromatic carbocycles. The minimum atomic E-state index is -0.484. The molecule has 2 N–H and O–H groups in total. The number of methoxy groups -OCH3 is 1.